The van der Waals surface area contributed by atoms with Gasteiger partial charge < -0.3 is 9.84 Å². The molecular weight excluding hydrogens is 108 g/mol. The van der Waals surface area contributed by atoms with Crippen LogP contribution in [0.4, 0.5) is 0 Å². The van der Waals surface area contributed by atoms with E-state index in [9.17, 15) is 4.79 Å². The molecule has 0 bridgehead atoms. The number of aliphatic carboxylic acids is 1. The van der Waals surface area contributed by atoms with Gasteiger partial charge in [-0.2, -0.15) is 0 Å². The fourth-order valence-corrected chi connectivity index (χ4v) is 0.617. The lowest BCUT2D eigenvalue weighted by Crippen LogP contribution is -2.00. The predicted molar refractivity (Wildman–Crippen MR) is 26.6 cm³/mol. The Labute approximate surface area is 47.3 Å². The third kappa shape index (κ3) is 1.20. The Balaban J connectivity index is 2.14. The van der Waals surface area contributed by atoms with Crippen molar-refractivity contribution >= 4 is 5.97 Å². The Morgan fingerprint density at radius 2 is 2.38 bits per heavy atom. The average molecular weight is 116 g/mol. The molecule has 0 aromatic carbocycles. The number of ether oxygens (including phenoxy) is 1. The van der Waals surface area contributed by atoms with E-state index in [2.05, 4.69) is 0 Å². The fourth-order valence-electron chi connectivity index (χ4n) is 0.617. The van der Waals surface area contributed by atoms with Crippen LogP contribution < -0.4 is 0 Å². The fraction of sp³-hybridized carbons (Fsp3) is 0.800. The van der Waals surface area contributed by atoms with Crippen LogP contribution in [0.15, 0.2) is 0 Å². The molecule has 0 amide bonds. The van der Waals surface area contributed by atoms with E-state index >= 15 is 0 Å². The average Bonchev–Trinajstić information content (AvgIpc) is 2.17. The second kappa shape index (κ2) is 1.74. The van der Waals surface area contributed by atoms with E-state index in [1.54, 1.807) is 0 Å². The van der Waals surface area contributed by atoms with Crippen LogP contribution >= 0.6 is 0 Å². The summed E-state index contributed by atoms with van der Waals surface area (Å²) in [5.41, 5.74) is 0. The summed E-state index contributed by atoms with van der Waals surface area (Å²) in [5, 5.41) is 8.16. The molecule has 0 radical (unpaired) electrons. The van der Waals surface area contributed by atoms with Crippen molar-refractivity contribution in [1.82, 2.24) is 0 Å². The summed E-state index contributed by atoms with van der Waals surface area (Å²) < 4.78 is 4.85. The van der Waals surface area contributed by atoms with Gasteiger partial charge in [-0.1, -0.05) is 0 Å². The lowest BCUT2D eigenvalue weighted by molar-refractivity contribution is -0.137. The Kier molecular flexibility index (Phi) is 1.21. The number of carbonyl (C=O) groups is 1. The third-order valence-corrected chi connectivity index (χ3v) is 1.21. The molecule has 0 aliphatic carbocycles. The largest absolute Gasteiger partial charge is 0.481 e. The minimum atomic E-state index is -0.778. The molecule has 0 aromatic heterocycles. The Morgan fingerprint density at radius 1 is 1.88 bits per heavy atom. The molecule has 0 spiro atoms. The molecule has 46 valence electrons. The van der Waals surface area contributed by atoms with Crippen molar-refractivity contribution in [2.75, 3.05) is 0 Å². The Bertz CT molecular complexity index is 110. The van der Waals surface area contributed by atoms with E-state index < -0.39 is 5.97 Å². The second-order valence-corrected chi connectivity index (χ2v) is 1.98. The van der Waals surface area contributed by atoms with E-state index in [0.717, 1.165) is 0 Å². The number of epoxide rings is 1. The van der Waals surface area contributed by atoms with E-state index in [0.29, 0.717) is 0 Å². The molecule has 1 N–H and O–H groups in total. The van der Waals surface area contributed by atoms with Gasteiger partial charge in [-0.3, -0.25) is 4.79 Å². The maximum absolute atomic E-state index is 9.92. The van der Waals surface area contributed by atoms with Crippen LogP contribution in [0.3, 0.4) is 0 Å². The second-order valence-electron chi connectivity index (χ2n) is 1.98. The van der Waals surface area contributed by atoms with Crippen molar-refractivity contribution in [3.63, 3.8) is 0 Å². The van der Waals surface area contributed by atoms with E-state index in [1.807, 2.05) is 6.92 Å². The van der Waals surface area contributed by atoms with Crippen LogP contribution in [-0.4, -0.2) is 23.3 Å². The van der Waals surface area contributed by atoms with E-state index in [-0.39, 0.29) is 18.6 Å². The first-order chi connectivity index (χ1) is 3.70. The molecule has 1 aliphatic rings. The van der Waals surface area contributed by atoms with Crippen LogP contribution in [-0.2, 0) is 9.53 Å². The number of hydrogen-bond donors (Lipinski definition) is 1. The van der Waals surface area contributed by atoms with Gasteiger partial charge in [0.05, 0.1) is 18.6 Å². The van der Waals surface area contributed by atoms with Crippen molar-refractivity contribution in [3.8, 4) is 0 Å². The van der Waals surface area contributed by atoms with Gasteiger partial charge >= 0.3 is 5.97 Å². The molecule has 1 fully saturated rings. The monoisotopic (exact) mass is 116 g/mol. The van der Waals surface area contributed by atoms with Crippen LogP contribution in [0.5, 0.6) is 0 Å². The molecule has 1 saturated heterocycles. The van der Waals surface area contributed by atoms with Gasteiger partial charge in [-0.15, -0.1) is 0 Å². The van der Waals surface area contributed by atoms with Gasteiger partial charge in [0.2, 0.25) is 0 Å². The summed E-state index contributed by atoms with van der Waals surface area (Å²) in [6, 6.07) is 0. The molecule has 1 rings (SSSR count). The summed E-state index contributed by atoms with van der Waals surface area (Å²) in [6.07, 6.45) is 0.319. The lowest BCUT2D eigenvalue weighted by Gasteiger charge is -1.81. The molecule has 8 heavy (non-hydrogen) atoms. The minimum Gasteiger partial charge on any atom is -0.481 e. The van der Waals surface area contributed by atoms with Gasteiger partial charge in [0.25, 0.3) is 0 Å². The van der Waals surface area contributed by atoms with E-state index in [4.69, 9.17) is 9.84 Å². The number of carboxylic acid groups (broad SMARTS) is 1. The van der Waals surface area contributed by atoms with Gasteiger partial charge in [0.1, 0.15) is 0 Å². The quantitative estimate of drug-likeness (QED) is 0.526. The Hall–Kier alpha value is -0.570. The Morgan fingerprint density at radius 3 is 2.50 bits per heavy atom. The summed E-state index contributed by atoms with van der Waals surface area (Å²) in [6.45, 7) is 1.87. The van der Waals surface area contributed by atoms with Gasteiger partial charge in [-0.25, -0.2) is 0 Å². The summed E-state index contributed by atoms with van der Waals surface area (Å²) in [7, 11) is 0. The van der Waals surface area contributed by atoms with Crippen LogP contribution in [0.25, 0.3) is 0 Å². The highest BCUT2D eigenvalue weighted by atomic mass is 16.6. The number of hydrogen-bond acceptors (Lipinski definition) is 2. The molecular formula is C5H8O3. The molecule has 3 nitrogen and oxygen atoms in total. The topological polar surface area (TPSA) is 49.8 Å². The normalized spacial score (nSPS) is 34.6. The summed E-state index contributed by atoms with van der Waals surface area (Å²) in [5.74, 6) is -0.778. The number of carboxylic acids is 1. The predicted octanol–water partition coefficient (Wildman–Crippen LogP) is 0.248. The molecule has 0 aromatic rings. The standard InChI is InChI=1S/C5H8O3/c1-3-4(8-3)2-5(6)7/h3-4H,2H2,1H3,(H,6,7). The first-order valence-corrected chi connectivity index (χ1v) is 2.57. The molecule has 1 heterocycles. The van der Waals surface area contributed by atoms with Crippen LogP contribution in [0.1, 0.15) is 13.3 Å². The van der Waals surface area contributed by atoms with Gasteiger partial charge in [0, 0.05) is 0 Å². The smallest absolute Gasteiger partial charge is 0.306 e. The molecule has 3 heteroatoms. The summed E-state index contributed by atoms with van der Waals surface area (Å²) in [4.78, 5) is 9.92. The number of rotatable bonds is 2. The first kappa shape index (κ1) is 5.56. The van der Waals surface area contributed by atoms with Crippen LogP contribution in [0, 0.1) is 0 Å². The zero-order chi connectivity index (χ0) is 6.15. The zero-order valence-corrected chi connectivity index (χ0v) is 4.63. The molecule has 2 unspecified atom stereocenters. The maximum atomic E-state index is 9.92. The zero-order valence-electron chi connectivity index (χ0n) is 4.63. The van der Waals surface area contributed by atoms with Gasteiger partial charge in [-0.05, 0) is 6.92 Å². The van der Waals surface area contributed by atoms with E-state index in [1.165, 1.54) is 0 Å². The summed E-state index contributed by atoms with van der Waals surface area (Å²) >= 11 is 0. The molecule has 1 aliphatic heterocycles. The highest BCUT2D eigenvalue weighted by molar-refractivity contribution is 5.67. The molecule has 2 atom stereocenters. The van der Waals surface area contributed by atoms with Crippen molar-refractivity contribution in [3.05, 3.63) is 0 Å². The van der Waals surface area contributed by atoms with Gasteiger partial charge in [0.15, 0.2) is 0 Å². The van der Waals surface area contributed by atoms with Crippen molar-refractivity contribution in [2.24, 2.45) is 0 Å². The van der Waals surface area contributed by atoms with Crippen LogP contribution in [0.2, 0.25) is 0 Å². The van der Waals surface area contributed by atoms with Crippen molar-refractivity contribution in [2.45, 2.75) is 25.6 Å². The highest BCUT2D eigenvalue weighted by Gasteiger charge is 2.35. The van der Waals surface area contributed by atoms with Crippen molar-refractivity contribution in [1.29, 1.82) is 0 Å². The van der Waals surface area contributed by atoms with Crippen molar-refractivity contribution < 1.29 is 14.6 Å². The molecule has 0 saturated carbocycles. The SMILES string of the molecule is CC1OC1CC(=O)O. The highest BCUT2D eigenvalue weighted by Crippen LogP contribution is 2.23. The first-order valence-electron chi connectivity index (χ1n) is 2.57. The minimum absolute atomic E-state index is 0.00694. The third-order valence-electron chi connectivity index (χ3n) is 1.21. The lowest BCUT2D eigenvalue weighted by atomic mass is 10.3. The maximum Gasteiger partial charge on any atom is 0.306 e.